The second-order valence-electron chi connectivity index (χ2n) is 0. The number of rotatable bonds is 0. The zero-order valence-electron chi connectivity index (χ0n) is 1.00. The van der Waals surface area contributed by atoms with Gasteiger partial charge >= 0.3 is 0 Å². The summed E-state index contributed by atoms with van der Waals surface area (Å²) in [5.41, 5.74) is 0. The second-order valence-corrected chi connectivity index (χ2v) is 0. The van der Waals surface area contributed by atoms with Gasteiger partial charge in [-0.3, -0.25) is 0 Å². The molecule has 0 aliphatic heterocycles. The zero-order valence-corrected chi connectivity index (χ0v) is 6.71. The molecule has 38 valence electrons. The third-order valence-electron chi connectivity index (χ3n) is 0. The summed E-state index contributed by atoms with van der Waals surface area (Å²) >= 11 is 0. The van der Waals surface area contributed by atoms with Gasteiger partial charge in [-0.1, -0.05) is 22.3 Å². The maximum absolute atomic E-state index is 0. The number of hydrogen-bond acceptors (Lipinski definition) is 0. The summed E-state index contributed by atoms with van der Waals surface area (Å²) in [6.45, 7) is 0. The molecule has 0 saturated carbocycles. The topological polar surface area (TPSA) is 0 Å². The van der Waals surface area contributed by atoms with Gasteiger partial charge in [0.1, 0.15) is 0 Å². The van der Waals surface area contributed by atoms with Crippen LogP contribution in [0.15, 0.2) is 0 Å². The van der Waals surface area contributed by atoms with Crippen molar-refractivity contribution in [3.8, 4) is 0 Å². The molecule has 0 aliphatic rings. The van der Waals surface area contributed by atoms with Crippen LogP contribution in [-0.4, -0.2) is 47.8 Å². The average Bonchev–Trinajstić information content (AvgIpc) is 0. The van der Waals surface area contributed by atoms with Gasteiger partial charge in [0, 0.05) is 52.1 Å². The molecule has 0 fully saturated rings. The summed E-state index contributed by atoms with van der Waals surface area (Å²) in [5.74, 6) is 0. The van der Waals surface area contributed by atoms with Crippen LogP contribution in [-0.2, 0) is 0 Å². The Kier molecular flexibility index (Phi) is 751. The molecule has 0 nitrogen and oxygen atoms in total. The molecule has 0 heterocycles. The Labute approximate surface area is 74.1 Å². The third kappa shape index (κ3) is 28.4. The zero-order chi connectivity index (χ0) is 0. The van der Waals surface area contributed by atoms with E-state index in [2.05, 4.69) is 0 Å². The van der Waals surface area contributed by atoms with E-state index in [1.165, 1.54) is 0 Å². The van der Waals surface area contributed by atoms with Crippen LogP contribution < -0.4 is 0 Å². The minimum Gasteiger partial charge on any atom is -0.0776 e. The molecule has 2 heteroatoms. The van der Waals surface area contributed by atoms with E-state index in [4.69, 9.17) is 0 Å². The Morgan fingerprint density at radius 3 is 0.600 bits per heavy atom. The molecule has 0 spiro atoms. The molecule has 0 bridgehead atoms. The molecule has 0 rings (SSSR count). The van der Waals surface area contributed by atoms with E-state index >= 15 is 0 Å². The fraction of sp³-hybridized carbons (Fsp3) is 1.00. The summed E-state index contributed by atoms with van der Waals surface area (Å²) in [5, 5.41) is 0. The van der Waals surface area contributed by atoms with E-state index in [1.807, 2.05) is 0 Å². The van der Waals surface area contributed by atoms with Crippen LogP contribution in [0.1, 0.15) is 26.6 Å². The van der Waals surface area contributed by atoms with E-state index < -0.39 is 0 Å². The Morgan fingerprint density at radius 2 is 0.600 bits per heavy atom. The minimum absolute atomic E-state index is 0. The molecule has 8 radical (unpaired) electrons. The van der Waals surface area contributed by atoms with E-state index in [1.54, 1.807) is 0 Å². The van der Waals surface area contributed by atoms with Crippen molar-refractivity contribution >= 4 is 47.8 Å². The van der Waals surface area contributed by atoms with Crippen molar-refractivity contribution in [1.82, 2.24) is 0 Å². The van der Waals surface area contributed by atoms with Crippen LogP contribution in [0.4, 0.5) is 0 Å². The summed E-state index contributed by atoms with van der Waals surface area (Å²) in [6.07, 6.45) is 0. The normalized spacial score (nSPS) is 0. The van der Waals surface area contributed by atoms with Crippen LogP contribution in [0.3, 0.4) is 0 Å². The smallest absolute Gasteiger partial charge is 0 e. The molecule has 0 aromatic carbocycles. The van der Waals surface area contributed by atoms with Crippen LogP contribution >= 0.6 is 0 Å². The van der Waals surface area contributed by atoms with Gasteiger partial charge < -0.3 is 0 Å². The molecule has 0 atom stereocenters. The molecule has 0 aromatic heterocycles. The first-order chi connectivity index (χ1) is 0. The molecule has 0 aliphatic carbocycles. The summed E-state index contributed by atoms with van der Waals surface area (Å²) in [6, 6.07) is 0. The van der Waals surface area contributed by atoms with E-state index in [9.17, 15) is 0 Å². The summed E-state index contributed by atoms with van der Waals surface area (Å²) < 4.78 is 0. The quantitative estimate of drug-likeness (QED) is 0.598. The van der Waals surface area contributed by atoms with Crippen LogP contribution in [0.2, 0.25) is 0 Å². The molecular weight excluding hydrogens is 273 g/mol. The van der Waals surface area contributed by atoms with Gasteiger partial charge in [-0.25, -0.2) is 0 Å². The Morgan fingerprint density at radius 1 is 0.600 bits per heavy atom. The maximum Gasteiger partial charge on any atom is 0 e. The Balaban J connectivity index is 0. The maximum atomic E-state index is 0. The van der Waals surface area contributed by atoms with Gasteiger partial charge in [0.15, 0.2) is 0 Å². The molecular formula is C3H18Sn2. The van der Waals surface area contributed by atoms with Crippen LogP contribution in [0.25, 0.3) is 0 Å². The van der Waals surface area contributed by atoms with Crippen molar-refractivity contribution in [2.45, 2.75) is 22.3 Å². The largest absolute Gasteiger partial charge is 0.0776 e. The van der Waals surface area contributed by atoms with Gasteiger partial charge in [-0.2, -0.15) is 0 Å². The predicted octanol–water partition coefficient (Wildman–Crippen LogP) is 1.88. The van der Waals surface area contributed by atoms with Gasteiger partial charge in [-0.05, 0) is 0 Å². The van der Waals surface area contributed by atoms with Crippen molar-refractivity contribution in [2.75, 3.05) is 0 Å². The first kappa shape index (κ1) is 81.0. The van der Waals surface area contributed by atoms with Crippen LogP contribution in [0.5, 0.6) is 0 Å². The van der Waals surface area contributed by atoms with Crippen LogP contribution in [0, 0.1) is 0 Å². The monoisotopic (exact) mass is 294 g/mol. The SMILES string of the molecule is C.C.C.[HH].[HH].[HH].[Sn].[Sn]. The van der Waals surface area contributed by atoms with Crippen molar-refractivity contribution in [3.05, 3.63) is 0 Å². The van der Waals surface area contributed by atoms with Crippen molar-refractivity contribution in [2.24, 2.45) is 0 Å². The van der Waals surface area contributed by atoms with E-state index in [0.29, 0.717) is 0 Å². The first-order valence-corrected chi connectivity index (χ1v) is 0. The minimum atomic E-state index is 0. The fourth-order valence-corrected chi connectivity index (χ4v) is 0. The van der Waals surface area contributed by atoms with Crippen molar-refractivity contribution in [1.29, 1.82) is 0 Å². The van der Waals surface area contributed by atoms with Gasteiger partial charge in [0.05, 0.1) is 0 Å². The summed E-state index contributed by atoms with van der Waals surface area (Å²) in [7, 11) is 0. The average molecular weight is 292 g/mol. The Bertz CT molecular complexity index is 12.5. The second kappa shape index (κ2) is 46.4. The summed E-state index contributed by atoms with van der Waals surface area (Å²) in [4.78, 5) is 0. The van der Waals surface area contributed by atoms with Gasteiger partial charge in [-0.15, -0.1) is 0 Å². The van der Waals surface area contributed by atoms with Gasteiger partial charge in [0.25, 0.3) is 0 Å². The first-order valence-electron chi connectivity index (χ1n) is 0. The molecule has 0 saturated heterocycles. The van der Waals surface area contributed by atoms with Crippen molar-refractivity contribution in [3.63, 3.8) is 0 Å². The predicted molar refractivity (Wildman–Crippen MR) is 38.0 cm³/mol. The molecule has 0 unspecified atom stereocenters. The number of hydrogen-bond donors (Lipinski definition) is 0. The Hall–Kier alpha value is 1.60. The molecule has 0 amide bonds. The molecule has 0 N–H and O–H groups in total. The standard InChI is InChI=1S/3CH4.2Sn.3H2/h3*1H4;;;3*1H. The van der Waals surface area contributed by atoms with Gasteiger partial charge in [0.2, 0.25) is 0 Å². The van der Waals surface area contributed by atoms with E-state index in [0.717, 1.165) is 0 Å². The van der Waals surface area contributed by atoms with Crippen molar-refractivity contribution < 1.29 is 4.28 Å². The molecule has 5 heavy (non-hydrogen) atoms. The third-order valence-corrected chi connectivity index (χ3v) is 0. The fourth-order valence-electron chi connectivity index (χ4n) is 0. The van der Waals surface area contributed by atoms with E-state index in [-0.39, 0.29) is 74.4 Å². The molecule has 0 aromatic rings.